The molecule has 1 amide bonds. The SMILES string of the molecule is C[C@@H]1[C@H](C)CCC[C@@H]1NC(=O)c1ccc(-c2ccccc2)o1. The Morgan fingerprint density at radius 3 is 2.64 bits per heavy atom. The Morgan fingerprint density at radius 1 is 1.09 bits per heavy atom. The number of furan rings is 1. The summed E-state index contributed by atoms with van der Waals surface area (Å²) in [6, 6.07) is 13.7. The topological polar surface area (TPSA) is 42.2 Å². The number of amides is 1. The molecule has 0 saturated heterocycles. The van der Waals surface area contributed by atoms with Crippen LogP contribution in [0.3, 0.4) is 0 Å². The van der Waals surface area contributed by atoms with E-state index in [1.54, 1.807) is 6.07 Å². The van der Waals surface area contributed by atoms with E-state index in [0.29, 0.717) is 17.6 Å². The standard InChI is InChI=1S/C19H23NO2/c1-13-7-6-10-16(14(13)2)20-19(21)18-12-11-17(22-18)15-8-4-3-5-9-15/h3-5,8-9,11-14,16H,6-7,10H2,1-2H3,(H,20,21)/t13-,14-,16+/m1/s1. The molecule has 1 fully saturated rings. The van der Waals surface area contributed by atoms with E-state index in [0.717, 1.165) is 17.7 Å². The van der Waals surface area contributed by atoms with Crippen molar-refractivity contribution in [3.8, 4) is 11.3 Å². The molecule has 0 unspecified atom stereocenters. The van der Waals surface area contributed by atoms with Crippen LogP contribution in [0.15, 0.2) is 46.9 Å². The minimum Gasteiger partial charge on any atom is -0.451 e. The monoisotopic (exact) mass is 297 g/mol. The number of rotatable bonds is 3. The average Bonchev–Trinajstić information content (AvgIpc) is 3.03. The second-order valence-corrected chi connectivity index (χ2v) is 6.38. The van der Waals surface area contributed by atoms with Crippen LogP contribution in [-0.4, -0.2) is 11.9 Å². The van der Waals surface area contributed by atoms with Gasteiger partial charge in [-0.05, 0) is 30.4 Å². The van der Waals surface area contributed by atoms with Gasteiger partial charge in [0.1, 0.15) is 5.76 Å². The van der Waals surface area contributed by atoms with Crippen LogP contribution < -0.4 is 5.32 Å². The summed E-state index contributed by atoms with van der Waals surface area (Å²) in [4.78, 5) is 12.4. The van der Waals surface area contributed by atoms with Gasteiger partial charge in [0.25, 0.3) is 5.91 Å². The van der Waals surface area contributed by atoms with E-state index in [9.17, 15) is 4.79 Å². The molecular formula is C19H23NO2. The molecule has 3 rings (SSSR count). The highest BCUT2D eigenvalue weighted by molar-refractivity contribution is 5.92. The first-order chi connectivity index (χ1) is 10.6. The van der Waals surface area contributed by atoms with Crippen LogP contribution in [0.25, 0.3) is 11.3 Å². The number of nitrogens with one attached hydrogen (secondary N) is 1. The van der Waals surface area contributed by atoms with Crippen LogP contribution in [0.1, 0.15) is 43.7 Å². The Hall–Kier alpha value is -2.03. The third-order valence-corrected chi connectivity index (χ3v) is 4.91. The zero-order valence-electron chi connectivity index (χ0n) is 13.2. The van der Waals surface area contributed by atoms with Crippen LogP contribution >= 0.6 is 0 Å². The summed E-state index contributed by atoms with van der Waals surface area (Å²) in [7, 11) is 0. The summed E-state index contributed by atoms with van der Waals surface area (Å²) in [5, 5.41) is 3.15. The van der Waals surface area contributed by atoms with Gasteiger partial charge in [0, 0.05) is 11.6 Å². The number of hydrogen-bond acceptors (Lipinski definition) is 2. The Kier molecular flexibility index (Phi) is 4.32. The molecule has 22 heavy (non-hydrogen) atoms. The number of hydrogen-bond donors (Lipinski definition) is 1. The van der Waals surface area contributed by atoms with Crippen LogP contribution in [0, 0.1) is 11.8 Å². The van der Waals surface area contributed by atoms with Gasteiger partial charge in [0.15, 0.2) is 5.76 Å². The quantitative estimate of drug-likeness (QED) is 0.906. The maximum atomic E-state index is 12.4. The van der Waals surface area contributed by atoms with E-state index in [4.69, 9.17) is 4.42 Å². The molecule has 0 radical (unpaired) electrons. The van der Waals surface area contributed by atoms with Gasteiger partial charge in [-0.2, -0.15) is 0 Å². The molecule has 1 aromatic heterocycles. The van der Waals surface area contributed by atoms with Crippen molar-refractivity contribution in [2.24, 2.45) is 11.8 Å². The maximum absolute atomic E-state index is 12.4. The second kappa shape index (κ2) is 6.39. The fourth-order valence-corrected chi connectivity index (χ4v) is 3.24. The van der Waals surface area contributed by atoms with Gasteiger partial charge in [0.2, 0.25) is 0 Å². The molecule has 116 valence electrons. The minimum absolute atomic E-state index is 0.104. The summed E-state index contributed by atoms with van der Waals surface area (Å²) >= 11 is 0. The first-order valence-electron chi connectivity index (χ1n) is 8.11. The summed E-state index contributed by atoms with van der Waals surface area (Å²) in [5.74, 6) is 2.20. The van der Waals surface area contributed by atoms with E-state index in [1.165, 1.54) is 12.8 Å². The van der Waals surface area contributed by atoms with Gasteiger partial charge >= 0.3 is 0 Å². The molecule has 3 nitrogen and oxygen atoms in total. The summed E-state index contributed by atoms with van der Waals surface area (Å²) in [6.45, 7) is 4.50. The van der Waals surface area contributed by atoms with E-state index < -0.39 is 0 Å². The highest BCUT2D eigenvalue weighted by Gasteiger charge is 2.29. The third-order valence-electron chi connectivity index (χ3n) is 4.91. The molecule has 1 aromatic carbocycles. The van der Waals surface area contributed by atoms with Crippen LogP contribution in [0.2, 0.25) is 0 Å². The largest absolute Gasteiger partial charge is 0.451 e. The molecule has 1 N–H and O–H groups in total. The van der Waals surface area contributed by atoms with Gasteiger partial charge in [-0.15, -0.1) is 0 Å². The molecule has 0 bridgehead atoms. The Labute approximate surface area is 131 Å². The molecule has 3 heteroatoms. The molecule has 2 aromatic rings. The summed E-state index contributed by atoms with van der Waals surface area (Å²) in [5.41, 5.74) is 0.987. The first kappa shape index (κ1) is 14.9. The van der Waals surface area contributed by atoms with Gasteiger partial charge in [-0.25, -0.2) is 0 Å². The van der Waals surface area contributed by atoms with Crippen LogP contribution in [0.5, 0.6) is 0 Å². The van der Waals surface area contributed by atoms with E-state index in [-0.39, 0.29) is 11.9 Å². The van der Waals surface area contributed by atoms with Crippen molar-refractivity contribution >= 4 is 5.91 Å². The third kappa shape index (κ3) is 3.08. The zero-order chi connectivity index (χ0) is 15.5. The summed E-state index contributed by atoms with van der Waals surface area (Å²) < 4.78 is 5.72. The van der Waals surface area contributed by atoms with Crippen molar-refractivity contribution in [3.63, 3.8) is 0 Å². The van der Waals surface area contributed by atoms with Crippen LogP contribution in [0.4, 0.5) is 0 Å². The fourth-order valence-electron chi connectivity index (χ4n) is 3.24. The zero-order valence-corrected chi connectivity index (χ0v) is 13.2. The Morgan fingerprint density at radius 2 is 1.86 bits per heavy atom. The molecule has 1 saturated carbocycles. The van der Waals surface area contributed by atoms with E-state index >= 15 is 0 Å². The minimum atomic E-state index is -0.104. The second-order valence-electron chi connectivity index (χ2n) is 6.38. The van der Waals surface area contributed by atoms with Crippen LogP contribution in [-0.2, 0) is 0 Å². The number of benzene rings is 1. The van der Waals surface area contributed by atoms with E-state index in [2.05, 4.69) is 19.2 Å². The normalized spacial score (nSPS) is 24.9. The van der Waals surface area contributed by atoms with Gasteiger partial charge < -0.3 is 9.73 Å². The molecule has 0 aliphatic heterocycles. The lowest BCUT2D eigenvalue weighted by Gasteiger charge is -2.34. The van der Waals surface area contributed by atoms with Gasteiger partial charge in [-0.3, -0.25) is 4.79 Å². The lowest BCUT2D eigenvalue weighted by atomic mass is 9.78. The fraction of sp³-hybridized carbons (Fsp3) is 0.421. The van der Waals surface area contributed by atoms with Crippen molar-refractivity contribution in [1.82, 2.24) is 5.32 Å². The summed E-state index contributed by atoms with van der Waals surface area (Å²) in [6.07, 6.45) is 3.50. The Bertz CT molecular complexity index is 632. The molecular weight excluding hydrogens is 274 g/mol. The highest BCUT2D eigenvalue weighted by Crippen LogP contribution is 2.30. The lowest BCUT2D eigenvalue weighted by Crippen LogP contribution is -2.43. The predicted molar refractivity (Wildman–Crippen MR) is 87.6 cm³/mol. The molecule has 1 heterocycles. The predicted octanol–water partition coefficient (Wildman–Crippen LogP) is 4.50. The van der Waals surface area contributed by atoms with E-state index in [1.807, 2.05) is 36.4 Å². The van der Waals surface area contributed by atoms with Crippen molar-refractivity contribution in [3.05, 3.63) is 48.2 Å². The Balaban J connectivity index is 1.69. The van der Waals surface area contributed by atoms with Crippen molar-refractivity contribution in [2.75, 3.05) is 0 Å². The number of carbonyl (C=O) groups excluding carboxylic acids is 1. The molecule has 1 aliphatic rings. The molecule has 1 aliphatic carbocycles. The lowest BCUT2D eigenvalue weighted by molar-refractivity contribution is 0.0864. The highest BCUT2D eigenvalue weighted by atomic mass is 16.3. The first-order valence-corrected chi connectivity index (χ1v) is 8.11. The van der Waals surface area contributed by atoms with Gasteiger partial charge in [0.05, 0.1) is 0 Å². The maximum Gasteiger partial charge on any atom is 0.287 e. The number of carbonyl (C=O) groups is 1. The average molecular weight is 297 g/mol. The van der Waals surface area contributed by atoms with Crippen molar-refractivity contribution in [1.29, 1.82) is 0 Å². The van der Waals surface area contributed by atoms with Crippen molar-refractivity contribution < 1.29 is 9.21 Å². The van der Waals surface area contributed by atoms with Gasteiger partial charge in [-0.1, -0.05) is 57.0 Å². The molecule has 0 spiro atoms. The molecule has 3 atom stereocenters. The smallest absolute Gasteiger partial charge is 0.287 e. The van der Waals surface area contributed by atoms with Crippen molar-refractivity contribution in [2.45, 2.75) is 39.2 Å².